The number of methoxy groups -OCH3 is 1. The fraction of sp³-hybridized carbons (Fsp3) is 0.0870. The summed E-state index contributed by atoms with van der Waals surface area (Å²) in [5, 5.41) is 13.3. The van der Waals surface area contributed by atoms with Crippen LogP contribution in [0.1, 0.15) is 16.2 Å². The highest BCUT2D eigenvalue weighted by atomic mass is 16.6. The third-order valence-corrected chi connectivity index (χ3v) is 4.44. The van der Waals surface area contributed by atoms with E-state index in [0.717, 1.165) is 16.7 Å². The van der Waals surface area contributed by atoms with Crippen molar-refractivity contribution in [3.05, 3.63) is 84.3 Å². The molecule has 0 aliphatic rings. The first-order valence-electron chi connectivity index (χ1n) is 9.16. The Bertz CT molecular complexity index is 1150. The molecule has 0 fully saturated rings. The number of aromatic hydroxyl groups is 1. The third kappa shape index (κ3) is 4.30. The molecule has 0 saturated carbocycles. The fourth-order valence-corrected chi connectivity index (χ4v) is 2.86. The molecule has 0 unspecified atom stereocenters. The number of phenols is 1. The lowest BCUT2D eigenvalue weighted by atomic mass is 10.0. The Morgan fingerprint density at radius 1 is 0.967 bits per heavy atom. The molecule has 1 heterocycles. The van der Waals surface area contributed by atoms with Gasteiger partial charge in [0.05, 0.1) is 12.7 Å². The Morgan fingerprint density at radius 3 is 2.37 bits per heavy atom. The molecule has 0 atom stereocenters. The van der Waals surface area contributed by atoms with Crippen molar-refractivity contribution in [3.8, 4) is 34.0 Å². The van der Waals surface area contributed by atoms with Gasteiger partial charge >= 0.3 is 5.97 Å². The van der Waals surface area contributed by atoms with Gasteiger partial charge in [-0.25, -0.2) is 4.79 Å². The van der Waals surface area contributed by atoms with E-state index in [-0.39, 0.29) is 18.2 Å². The highest BCUT2D eigenvalue weighted by molar-refractivity contribution is 5.90. The van der Waals surface area contributed by atoms with E-state index in [4.69, 9.17) is 14.0 Å². The summed E-state index contributed by atoms with van der Waals surface area (Å²) < 4.78 is 15.6. The van der Waals surface area contributed by atoms with Crippen molar-refractivity contribution >= 4 is 5.97 Å². The number of benzene rings is 3. The summed E-state index contributed by atoms with van der Waals surface area (Å²) in [5.41, 5.74) is 3.00. The van der Waals surface area contributed by atoms with Gasteiger partial charge in [0.1, 0.15) is 11.5 Å². The SMILES string of the molecule is COc1cccc(-c2noc(COC(=O)c3ccc(-c4ccc(O)cc4)cc3)n2)c1. The first-order chi connectivity index (χ1) is 14.6. The summed E-state index contributed by atoms with van der Waals surface area (Å²) in [5.74, 6) is 0.976. The molecule has 0 saturated heterocycles. The number of aromatic nitrogens is 2. The molecule has 0 amide bonds. The molecule has 4 rings (SSSR count). The van der Waals surface area contributed by atoms with Gasteiger partial charge < -0.3 is 19.1 Å². The topological polar surface area (TPSA) is 94.7 Å². The van der Waals surface area contributed by atoms with Crippen LogP contribution in [0.4, 0.5) is 0 Å². The van der Waals surface area contributed by atoms with Gasteiger partial charge in [0.25, 0.3) is 5.89 Å². The van der Waals surface area contributed by atoms with Gasteiger partial charge in [0, 0.05) is 5.56 Å². The summed E-state index contributed by atoms with van der Waals surface area (Å²) >= 11 is 0. The molecule has 0 bridgehead atoms. The molecule has 0 spiro atoms. The van der Waals surface area contributed by atoms with Gasteiger partial charge in [-0.15, -0.1) is 0 Å². The van der Waals surface area contributed by atoms with Gasteiger partial charge in [0.2, 0.25) is 5.82 Å². The first-order valence-corrected chi connectivity index (χ1v) is 9.16. The number of nitrogens with zero attached hydrogens (tertiary/aromatic N) is 2. The minimum atomic E-state index is -0.492. The van der Waals surface area contributed by atoms with Crippen LogP contribution in [0.5, 0.6) is 11.5 Å². The number of esters is 1. The lowest BCUT2D eigenvalue weighted by Gasteiger charge is -2.05. The molecule has 1 aromatic heterocycles. The number of ether oxygens (including phenoxy) is 2. The van der Waals surface area contributed by atoms with Gasteiger partial charge in [-0.3, -0.25) is 0 Å². The zero-order chi connectivity index (χ0) is 20.9. The third-order valence-electron chi connectivity index (χ3n) is 4.44. The van der Waals surface area contributed by atoms with Crippen molar-refractivity contribution in [2.45, 2.75) is 6.61 Å². The number of phenolic OH excluding ortho intramolecular Hbond substituents is 1. The highest BCUT2D eigenvalue weighted by Gasteiger charge is 2.13. The predicted molar refractivity (Wildman–Crippen MR) is 109 cm³/mol. The van der Waals surface area contributed by atoms with Crippen molar-refractivity contribution in [1.82, 2.24) is 10.1 Å². The number of carbonyl (C=O) groups excluding carboxylic acids is 1. The number of hydrogen-bond donors (Lipinski definition) is 1. The molecular formula is C23H18N2O5. The molecular weight excluding hydrogens is 384 g/mol. The van der Waals surface area contributed by atoms with E-state index < -0.39 is 5.97 Å². The monoisotopic (exact) mass is 402 g/mol. The normalized spacial score (nSPS) is 10.6. The summed E-state index contributed by atoms with van der Waals surface area (Å²) in [7, 11) is 1.58. The summed E-state index contributed by atoms with van der Waals surface area (Å²) in [6.07, 6.45) is 0. The van der Waals surface area contributed by atoms with E-state index in [9.17, 15) is 9.90 Å². The number of rotatable bonds is 6. The minimum Gasteiger partial charge on any atom is -0.508 e. The minimum absolute atomic E-state index is 0.129. The summed E-state index contributed by atoms with van der Waals surface area (Å²) in [6, 6.07) is 21.1. The highest BCUT2D eigenvalue weighted by Crippen LogP contribution is 2.23. The molecule has 7 heteroatoms. The Kier molecular flexibility index (Phi) is 5.43. The average Bonchev–Trinajstić information content (AvgIpc) is 3.27. The largest absolute Gasteiger partial charge is 0.508 e. The molecule has 1 N–H and O–H groups in total. The van der Waals surface area contributed by atoms with Gasteiger partial charge in [-0.2, -0.15) is 4.98 Å². The fourth-order valence-electron chi connectivity index (χ4n) is 2.86. The van der Waals surface area contributed by atoms with Gasteiger partial charge in [-0.1, -0.05) is 41.6 Å². The molecule has 0 aliphatic heterocycles. The van der Waals surface area contributed by atoms with Crippen LogP contribution in [-0.4, -0.2) is 28.3 Å². The second-order valence-corrected chi connectivity index (χ2v) is 6.44. The standard InChI is InChI=1S/C23H18N2O5/c1-28-20-4-2-3-18(13-20)22-24-21(30-25-22)14-29-23(27)17-7-5-15(6-8-17)16-9-11-19(26)12-10-16/h2-13,26H,14H2,1H3. The molecule has 7 nitrogen and oxygen atoms in total. The number of hydrogen-bond acceptors (Lipinski definition) is 7. The maximum absolute atomic E-state index is 12.3. The van der Waals surface area contributed by atoms with Crippen molar-refractivity contribution in [2.75, 3.05) is 7.11 Å². The lowest BCUT2D eigenvalue weighted by Crippen LogP contribution is -2.05. The van der Waals surface area contributed by atoms with Crippen molar-refractivity contribution < 1.29 is 23.9 Å². The van der Waals surface area contributed by atoms with Gasteiger partial charge in [0.15, 0.2) is 6.61 Å². The molecule has 0 aliphatic carbocycles. The molecule has 30 heavy (non-hydrogen) atoms. The second-order valence-electron chi connectivity index (χ2n) is 6.44. The molecule has 150 valence electrons. The Hall–Kier alpha value is -4.13. The van der Waals surface area contributed by atoms with E-state index in [1.54, 1.807) is 49.6 Å². The molecule has 0 radical (unpaired) electrons. The van der Waals surface area contributed by atoms with E-state index in [2.05, 4.69) is 10.1 Å². The Labute approximate surface area is 172 Å². The molecule has 4 aromatic rings. The van der Waals surface area contributed by atoms with Crippen molar-refractivity contribution in [1.29, 1.82) is 0 Å². The first kappa shape index (κ1) is 19.2. The lowest BCUT2D eigenvalue weighted by molar-refractivity contribution is 0.0430. The van der Waals surface area contributed by atoms with Crippen LogP contribution in [0.15, 0.2) is 77.3 Å². The quantitative estimate of drug-likeness (QED) is 0.475. The second kappa shape index (κ2) is 8.48. The van der Waals surface area contributed by atoms with E-state index in [1.165, 1.54) is 0 Å². The van der Waals surface area contributed by atoms with Crippen LogP contribution in [-0.2, 0) is 11.3 Å². The van der Waals surface area contributed by atoms with Crippen molar-refractivity contribution in [2.24, 2.45) is 0 Å². The van der Waals surface area contributed by atoms with Gasteiger partial charge in [-0.05, 0) is 47.5 Å². The smallest absolute Gasteiger partial charge is 0.338 e. The predicted octanol–water partition coefficient (Wildman–Crippen LogP) is 4.47. The van der Waals surface area contributed by atoms with Crippen LogP contribution >= 0.6 is 0 Å². The van der Waals surface area contributed by atoms with Crippen LogP contribution in [0.2, 0.25) is 0 Å². The average molecular weight is 402 g/mol. The number of carbonyl (C=O) groups is 1. The zero-order valence-electron chi connectivity index (χ0n) is 16.1. The maximum atomic E-state index is 12.3. The maximum Gasteiger partial charge on any atom is 0.338 e. The van der Waals surface area contributed by atoms with E-state index >= 15 is 0 Å². The van der Waals surface area contributed by atoms with Crippen LogP contribution in [0.25, 0.3) is 22.5 Å². The van der Waals surface area contributed by atoms with E-state index in [0.29, 0.717) is 17.1 Å². The Morgan fingerprint density at radius 2 is 1.67 bits per heavy atom. The van der Waals surface area contributed by atoms with Crippen LogP contribution in [0, 0.1) is 0 Å². The van der Waals surface area contributed by atoms with Crippen LogP contribution < -0.4 is 4.74 Å². The molecule has 3 aromatic carbocycles. The summed E-state index contributed by atoms with van der Waals surface area (Å²) in [4.78, 5) is 16.6. The van der Waals surface area contributed by atoms with E-state index in [1.807, 2.05) is 30.3 Å². The van der Waals surface area contributed by atoms with Crippen molar-refractivity contribution in [3.63, 3.8) is 0 Å². The Balaban J connectivity index is 1.39. The summed E-state index contributed by atoms with van der Waals surface area (Å²) in [6.45, 7) is -0.129. The zero-order valence-corrected chi connectivity index (χ0v) is 16.1. The van der Waals surface area contributed by atoms with Crippen LogP contribution in [0.3, 0.4) is 0 Å².